The van der Waals surface area contributed by atoms with Crippen LogP contribution >= 0.6 is 0 Å². The molecule has 2 rings (SSSR count). The van der Waals surface area contributed by atoms with E-state index >= 15 is 0 Å². The van der Waals surface area contributed by atoms with Crippen molar-refractivity contribution in [3.05, 3.63) is 29.3 Å². The Kier molecular flexibility index (Phi) is 5.80. The van der Waals surface area contributed by atoms with Crippen molar-refractivity contribution in [3.8, 4) is 5.75 Å². The highest BCUT2D eigenvalue weighted by molar-refractivity contribution is 5.81. The van der Waals surface area contributed by atoms with Gasteiger partial charge in [-0.15, -0.1) is 0 Å². The highest BCUT2D eigenvalue weighted by Crippen LogP contribution is 2.20. The van der Waals surface area contributed by atoms with Crippen molar-refractivity contribution in [1.29, 1.82) is 0 Å². The third-order valence-electron chi connectivity index (χ3n) is 4.11. The van der Waals surface area contributed by atoms with Crippen LogP contribution < -0.4 is 10.5 Å². The Bertz CT molecular complexity index is 511. The Labute approximate surface area is 133 Å². The quantitative estimate of drug-likeness (QED) is 0.887. The zero-order chi connectivity index (χ0) is 16.1. The molecule has 1 saturated heterocycles. The Morgan fingerprint density at radius 3 is 2.55 bits per heavy atom. The molecule has 1 heterocycles. The summed E-state index contributed by atoms with van der Waals surface area (Å²) >= 11 is 0. The lowest BCUT2D eigenvalue weighted by Gasteiger charge is -2.35. The lowest BCUT2D eigenvalue weighted by atomic mass is 10.1. The van der Waals surface area contributed by atoms with E-state index in [2.05, 4.69) is 11.0 Å². The Balaban J connectivity index is 1.90. The first-order chi connectivity index (χ1) is 10.5. The molecule has 122 valence electrons. The molecule has 1 fully saturated rings. The van der Waals surface area contributed by atoms with Crippen molar-refractivity contribution in [3.63, 3.8) is 0 Å². The maximum absolute atomic E-state index is 12.5. The molecule has 0 bridgehead atoms. The molecular weight excluding hydrogens is 278 g/mol. The maximum Gasteiger partial charge on any atom is 0.263 e. The van der Waals surface area contributed by atoms with Crippen LogP contribution in [-0.2, 0) is 4.79 Å². The number of nitrogens with zero attached hydrogens (tertiary/aromatic N) is 2. The first-order valence-corrected chi connectivity index (χ1v) is 7.96. The molecule has 0 saturated carbocycles. The van der Waals surface area contributed by atoms with Gasteiger partial charge < -0.3 is 15.4 Å². The van der Waals surface area contributed by atoms with E-state index in [0.29, 0.717) is 6.54 Å². The average molecular weight is 305 g/mol. The maximum atomic E-state index is 12.5. The number of rotatable bonds is 5. The molecule has 1 amide bonds. The highest BCUT2D eigenvalue weighted by Gasteiger charge is 2.26. The zero-order valence-corrected chi connectivity index (χ0v) is 13.8. The van der Waals surface area contributed by atoms with E-state index in [9.17, 15) is 4.79 Å². The number of carbonyl (C=O) groups is 1. The lowest BCUT2D eigenvalue weighted by Crippen LogP contribution is -2.52. The van der Waals surface area contributed by atoms with Gasteiger partial charge in [0.25, 0.3) is 5.91 Å². The van der Waals surface area contributed by atoms with Gasteiger partial charge in [-0.25, -0.2) is 0 Å². The number of piperazine rings is 1. The third kappa shape index (κ3) is 4.21. The van der Waals surface area contributed by atoms with Crippen LogP contribution in [0.5, 0.6) is 5.75 Å². The van der Waals surface area contributed by atoms with Crippen molar-refractivity contribution in [2.45, 2.75) is 26.9 Å². The smallest absolute Gasteiger partial charge is 0.263 e. The molecule has 1 atom stereocenters. The van der Waals surface area contributed by atoms with E-state index in [0.717, 1.165) is 44.0 Å². The molecule has 2 N–H and O–H groups in total. The van der Waals surface area contributed by atoms with E-state index in [-0.39, 0.29) is 5.91 Å². The molecule has 1 aromatic carbocycles. The lowest BCUT2D eigenvalue weighted by molar-refractivity contribution is -0.139. The molecule has 0 aliphatic carbocycles. The topological polar surface area (TPSA) is 58.8 Å². The summed E-state index contributed by atoms with van der Waals surface area (Å²) in [7, 11) is 0. The van der Waals surface area contributed by atoms with Crippen LogP contribution in [0.2, 0.25) is 0 Å². The molecule has 22 heavy (non-hydrogen) atoms. The van der Waals surface area contributed by atoms with E-state index in [1.165, 1.54) is 5.56 Å². The fraction of sp³-hybridized carbons (Fsp3) is 0.588. The van der Waals surface area contributed by atoms with Gasteiger partial charge in [0.15, 0.2) is 6.10 Å². The van der Waals surface area contributed by atoms with Gasteiger partial charge in [-0.3, -0.25) is 9.69 Å². The number of carbonyl (C=O) groups excluding carboxylic acids is 1. The molecule has 5 nitrogen and oxygen atoms in total. The number of hydrogen-bond acceptors (Lipinski definition) is 4. The molecule has 1 aliphatic rings. The molecule has 1 aliphatic heterocycles. The van der Waals surface area contributed by atoms with Gasteiger partial charge in [0.1, 0.15) is 5.75 Å². The number of hydrogen-bond donors (Lipinski definition) is 1. The Morgan fingerprint density at radius 1 is 1.27 bits per heavy atom. The molecule has 5 heteroatoms. The van der Waals surface area contributed by atoms with E-state index in [1.54, 1.807) is 0 Å². The van der Waals surface area contributed by atoms with E-state index in [1.807, 2.05) is 37.8 Å². The summed E-state index contributed by atoms with van der Waals surface area (Å²) < 4.78 is 5.86. The van der Waals surface area contributed by atoms with Crippen molar-refractivity contribution >= 4 is 5.91 Å². The third-order valence-corrected chi connectivity index (χ3v) is 4.11. The second-order valence-electron chi connectivity index (χ2n) is 5.98. The molecule has 1 unspecified atom stereocenters. The number of aryl methyl sites for hydroxylation is 2. The van der Waals surface area contributed by atoms with Gasteiger partial charge in [0, 0.05) is 39.3 Å². The van der Waals surface area contributed by atoms with Crippen molar-refractivity contribution in [2.75, 3.05) is 39.3 Å². The number of nitrogens with two attached hydrogens (primary N) is 1. The molecule has 1 aromatic rings. The van der Waals surface area contributed by atoms with Crippen LogP contribution in [0.1, 0.15) is 18.1 Å². The van der Waals surface area contributed by atoms with E-state index in [4.69, 9.17) is 10.5 Å². The van der Waals surface area contributed by atoms with Crippen LogP contribution in [0, 0.1) is 13.8 Å². The predicted octanol–water partition coefficient (Wildman–Crippen LogP) is 1.17. The Hall–Kier alpha value is -1.59. The van der Waals surface area contributed by atoms with Gasteiger partial charge in [-0.2, -0.15) is 0 Å². The summed E-state index contributed by atoms with van der Waals surface area (Å²) in [5.41, 5.74) is 7.83. The SMILES string of the molecule is Cc1ccc(OC(C)C(=O)N2CCN(CCN)CC2)c(C)c1. The summed E-state index contributed by atoms with van der Waals surface area (Å²) in [4.78, 5) is 16.7. The largest absolute Gasteiger partial charge is 0.481 e. The zero-order valence-electron chi connectivity index (χ0n) is 13.8. The summed E-state index contributed by atoms with van der Waals surface area (Å²) in [5.74, 6) is 0.848. The predicted molar refractivity (Wildman–Crippen MR) is 88.1 cm³/mol. The average Bonchev–Trinajstić information content (AvgIpc) is 2.50. The van der Waals surface area contributed by atoms with Crippen LogP contribution in [0.3, 0.4) is 0 Å². The summed E-state index contributed by atoms with van der Waals surface area (Å²) in [6.07, 6.45) is -0.456. The fourth-order valence-corrected chi connectivity index (χ4v) is 2.80. The number of amides is 1. The Morgan fingerprint density at radius 2 is 1.95 bits per heavy atom. The summed E-state index contributed by atoms with van der Waals surface area (Å²) in [5, 5.41) is 0. The van der Waals surface area contributed by atoms with Crippen LogP contribution in [-0.4, -0.2) is 61.1 Å². The molecule has 0 aromatic heterocycles. The van der Waals surface area contributed by atoms with Crippen molar-refractivity contribution < 1.29 is 9.53 Å². The van der Waals surface area contributed by atoms with E-state index < -0.39 is 6.10 Å². The molecule has 0 radical (unpaired) electrons. The summed E-state index contributed by atoms with van der Waals surface area (Å²) in [6.45, 7) is 10.7. The van der Waals surface area contributed by atoms with Gasteiger partial charge >= 0.3 is 0 Å². The first kappa shape index (κ1) is 16.8. The monoisotopic (exact) mass is 305 g/mol. The number of ether oxygens (including phenoxy) is 1. The van der Waals surface area contributed by atoms with Crippen LogP contribution in [0.25, 0.3) is 0 Å². The first-order valence-electron chi connectivity index (χ1n) is 7.96. The minimum atomic E-state index is -0.456. The van der Waals surface area contributed by atoms with Crippen molar-refractivity contribution in [2.24, 2.45) is 5.73 Å². The minimum Gasteiger partial charge on any atom is -0.481 e. The van der Waals surface area contributed by atoms with Crippen LogP contribution in [0.4, 0.5) is 0 Å². The van der Waals surface area contributed by atoms with Gasteiger partial charge in [0.2, 0.25) is 0 Å². The second-order valence-corrected chi connectivity index (χ2v) is 5.98. The minimum absolute atomic E-state index is 0.0624. The van der Waals surface area contributed by atoms with Gasteiger partial charge in [-0.05, 0) is 32.4 Å². The standard InChI is InChI=1S/C17H27N3O2/c1-13-4-5-16(14(2)12-13)22-15(3)17(21)20-10-8-19(7-6-18)9-11-20/h4-5,12,15H,6-11,18H2,1-3H3. The normalized spacial score (nSPS) is 17.4. The fourth-order valence-electron chi connectivity index (χ4n) is 2.80. The number of benzene rings is 1. The van der Waals surface area contributed by atoms with Crippen molar-refractivity contribution in [1.82, 2.24) is 9.80 Å². The molecule has 0 spiro atoms. The molecular formula is C17H27N3O2. The second kappa shape index (κ2) is 7.61. The van der Waals surface area contributed by atoms with Gasteiger partial charge in [0.05, 0.1) is 0 Å². The summed E-state index contributed by atoms with van der Waals surface area (Å²) in [6, 6.07) is 6.01. The van der Waals surface area contributed by atoms with Gasteiger partial charge in [-0.1, -0.05) is 17.7 Å². The van der Waals surface area contributed by atoms with Crippen LogP contribution in [0.15, 0.2) is 18.2 Å². The highest BCUT2D eigenvalue weighted by atomic mass is 16.5.